The van der Waals surface area contributed by atoms with Crippen molar-refractivity contribution in [1.82, 2.24) is 0 Å². The average molecular weight is 173 g/mol. The van der Waals surface area contributed by atoms with E-state index in [1.165, 1.54) is 0 Å². The summed E-state index contributed by atoms with van der Waals surface area (Å²) in [5.41, 5.74) is 0. The molecule has 0 saturated carbocycles. The Morgan fingerprint density at radius 3 is 3.00 bits per heavy atom. The number of aryl methyl sites for hydroxylation is 1. The van der Waals surface area contributed by atoms with Crippen molar-refractivity contribution in [1.29, 1.82) is 0 Å². The number of furan rings is 1. The zero-order chi connectivity index (χ0) is 8.10. The standard InChI is InChI=1S/C8H9ClO2/c9-8(10)5-1-3-7-4-2-6-11-7/h2,4,6H,1,3,5H2. The van der Waals surface area contributed by atoms with Gasteiger partial charge in [-0.3, -0.25) is 4.79 Å². The lowest BCUT2D eigenvalue weighted by atomic mass is 10.2. The Kier molecular flexibility index (Phi) is 3.17. The Bertz CT molecular complexity index is 216. The van der Waals surface area contributed by atoms with E-state index in [-0.39, 0.29) is 5.24 Å². The quantitative estimate of drug-likeness (QED) is 0.653. The highest BCUT2D eigenvalue weighted by Crippen LogP contribution is 2.06. The molecule has 11 heavy (non-hydrogen) atoms. The van der Waals surface area contributed by atoms with E-state index in [1.807, 2.05) is 12.1 Å². The van der Waals surface area contributed by atoms with Crippen LogP contribution in [-0.2, 0) is 11.2 Å². The van der Waals surface area contributed by atoms with Crippen LogP contribution in [0.3, 0.4) is 0 Å². The van der Waals surface area contributed by atoms with Crippen molar-refractivity contribution in [3.63, 3.8) is 0 Å². The van der Waals surface area contributed by atoms with E-state index in [4.69, 9.17) is 16.0 Å². The van der Waals surface area contributed by atoms with E-state index in [9.17, 15) is 4.79 Å². The lowest BCUT2D eigenvalue weighted by molar-refractivity contribution is -0.111. The third-order valence-electron chi connectivity index (χ3n) is 1.38. The van der Waals surface area contributed by atoms with E-state index in [1.54, 1.807) is 6.26 Å². The first-order valence-corrected chi connectivity index (χ1v) is 3.87. The summed E-state index contributed by atoms with van der Waals surface area (Å²) in [5.74, 6) is 0.905. The molecule has 0 spiro atoms. The van der Waals surface area contributed by atoms with Gasteiger partial charge in [-0.05, 0) is 30.2 Å². The Hall–Kier alpha value is -0.760. The first-order valence-electron chi connectivity index (χ1n) is 3.50. The largest absolute Gasteiger partial charge is 0.469 e. The topological polar surface area (TPSA) is 30.2 Å². The van der Waals surface area contributed by atoms with Gasteiger partial charge in [-0.2, -0.15) is 0 Å². The molecule has 1 aromatic rings. The number of carbonyl (C=O) groups excluding carboxylic acids is 1. The van der Waals surface area contributed by atoms with Gasteiger partial charge in [0.2, 0.25) is 5.24 Å². The molecular formula is C8H9ClO2. The maximum atomic E-state index is 10.3. The lowest BCUT2D eigenvalue weighted by Gasteiger charge is -1.92. The second-order valence-electron chi connectivity index (χ2n) is 2.29. The second kappa shape index (κ2) is 4.19. The zero-order valence-corrected chi connectivity index (χ0v) is 6.80. The van der Waals surface area contributed by atoms with Crippen LogP contribution in [0, 0.1) is 0 Å². The fourth-order valence-corrected chi connectivity index (χ4v) is 0.990. The number of hydrogen-bond donors (Lipinski definition) is 0. The minimum Gasteiger partial charge on any atom is -0.469 e. The molecular weight excluding hydrogens is 164 g/mol. The molecule has 0 aliphatic heterocycles. The lowest BCUT2D eigenvalue weighted by Crippen LogP contribution is -1.88. The maximum Gasteiger partial charge on any atom is 0.221 e. The van der Waals surface area contributed by atoms with Crippen LogP contribution >= 0.6 is 11.6 Å². The molecule has 0 unspecified atom stereocenters. The van der Waals surface area contributed by atoms with Gasteiger partial charge in [-0.15, -0.1) is 0 Å². The molecule has 0 radical (unpaired) electrons. The highest BCUT2D eigenvalue weighted by molar-refractivity contribution is 6.63. The SMILES string of the molecule is O=C(Cl)CCCc1ccco1. The molecule has 2 nitrogen and oxygen atoms in total. The van der Waals surface area contributed by atoms with Gasteiger partial charge in [0.15, 0.2) is 0 Å². The molecule has 1 heterocycles. The minimum atomic E-state index is -0.281. The molecule has 0 aromatic carbocycles. The Labute approximate surface area is 70.2 Å². The van der Waals surface area contributed by atoms with Crippen molar-refractivity contribution in [3.05, 3.63) is 24.2 Å². The fourth-order valence-electron chi connectivity index (χ4n) is 0.856. The van der Waals surface area contributed by atoms with Crippen molar-refractivity contribution >= 4 is 16.8 Å². The summed E-state index contributed by atoms with van der Waals surface area (Å²) in [4.78, 5) is 10.3. The highest BCUT2D eigenvalue weighted by atomic mass is 35.5. The van der Waals surface area contributed by atoms with Gasteiger partial charge < -0.3 is 4.42 Å². The molecule has 0 bridgehead atoms. The van der Waals surface area contributed by atoms with Crippen molar-refractivity contribution < 1.29 is 9.21 Å². The molecule has 1 rings (SSSR count). The van der Waals surface area contributed by atoms with Crippen LogP contribution in [0.5, 0.6) is 0 Å². The Morgan fingerprint density at radius 2 is 2.45 bits per heavy atom. The maximum absolute atomic E-state index is 10.3. The number of carbonyl (C=O) groups is 1. The molecule has 0 fully saturated rings. The van der Waals surface area contributed by atoms with E-state index in [0.29, 0.717) is 6.42 Å². The number of halogens is 1. The predicted octanol–water partition coefficient (Wildman–Crippen LogP) is 2.37. The Morgan fingerprint density at radius 1 is 1.64 bits per heavy atom. The summed E-state index contributed by atoms with van der Waals surface area (Å²) in [6.45, 7) is 0. The molecule has 0 amide bonds. The van der Waals surface area contributed by atoms with Crippen LogP contribution in [0.2, 0.25) is 0 Å². The summed E-state index contributed by atoms with van der Waals surface area (Å²) in [6, 6.07) is 3.72. The molecule has 0 aliphatic carbocycles. The first-order chi connectivity index (χ1) is 5.29. The average Bonchev–Trinajstić information content (AvgIpc) is 2.39. The van der Waals surface area contributed by atoms with Gasteiger partial charge in [-0.1, -0.05) is 0 Å². The van der Waals surface area contributed by atoms with Gasteiger partial charge >= 0.3 is 0 Å². The fraction of sp³-hybridized carbons (Fsp3) is 0.375. The second-order valence-corrected chi connectivity index (χ2v) is 2.71. The molecule has 1 aromatic heterocycles. The van der Waals surface area contributed by atoms with E-state index < -0.39 is 0 Å². The highest BCUT2D eigenvalue weighted by Gasteiger charge is 1.98. The third kappa shape index (κ3) is 3.23. The van der Waals surface area contributed by atoms with Crippen molar-refractivity contribution in [3.8, 4) is 0 Å². The molecule has 0 aliphatic rings. The van der Waals surface area contributed by atoms with Crippen LogP contribution in [0.4, 0.5) is 0 Å². The summed E-state index contributed by atoms with van der Waals surface area (Å²) in [7, 11) is 0. The van der Waals surface area contributed by atoms with E-state index in [0.717, 1.165) is 18.6 Å². The summed E-state index contributed by atoms with van der Waals surface area (Å²) >= 11 is 5.15. The van der Waals surface area contributed by atoms with Crippen LogP contribution in [0.15, 0.2) is 22.8 Å². The molecule has 60 valence electrons. The molecule has 3 heteroatoms. The van der Waals surface area contributed by atoms with E-state index >= 15 is 0 Å². The van der Waals surface area contributed by atoms with Crippen LogP contribution < -0.4 is 0 Å². The van der Waals surface area contributed by atoms with Gasteiger partial charge in [0.05, 0.1) is 6.26 Å². The Balaban J connectivity index is 2.19. The molecule has 0 N–H and O–H groups in total. The predicted molar refractivity (Wildman–Crippen MR) is 42.5 cm³/mol. The monoisotopic (exact) mass is 172 g/mol. The van der Waals surface area contributed by atoms with Gasteiger partial charge in [0, 0.05) is 12.8 Å². The number of rotatable bonds is 4. The normalized spacial score (nSPS) is 9.91. The summed E-state index contributed by atoms with van der Waals surface area (Å²) in [6.07, 6.45) is 3.58. The first kappa shape index (κ1) is 8.34. The van der Waals surface area contributed by atoms with Crippen molar-refractivity contribution in [2.24, 2.45) is 0 Å². The molecule has 0 atom stereocenters. The summed E-state index contributed by atoms with van der Waals surface area (Å²) in [5, 5.41) is -0.281. The number of hydrogen-bond acceptors (Lipinski definition) is 2. The van der Waals surface area contributed by atoms with Gasteiger partial charge in [0.25, 0.3) is 0 Å². The van der Waals surface area contributed by atoms with Crippen LogP contribution in [-0.4, -0.2) is 5.24 Å². The smallest absolute Gasteiger partial charge is 0.221 e. The zero-order valence-electron chi connectivity index (χ0n) is 6.05. The van der Waals surface area contributed by atoms with Crippen molar-refractivity contribution in [2.45, 2.75) is 19.3 Å². The van der Waals surface area contributed by atoms with Crippen LogP contribution in [0.1, 0.15) is 18.6 Å². The van der Waals surface area contributed by atoms with E-state index in [2.05, 4.69) is 0 Å². The van der Waals surface area contributed by atoms with Gasteiger partial charge in [0.1, 0.15) is 5.76 Å². The molecule has 0 saturated heterocycles. The van der Waals surface area contributed by atoms with Gasteiger partial charge in [-0.25, -0.2) is 0 Å². The minimum absolute atomic E-state index is 0.281. The summed E-state index contributed by atoms with van der Waals surface area (Å²) < 4.78 is 5.06. The van der Waals surface area contributed by atoms with Crippen molar-refractivity contribution in [2.75, 3.05) is 0 Å². The van der Waals surface area contributed by atoms with Crippen LogP contribution in [0.25, 0.3) is 0 Å². The third-order valence-corrected chi connectivity index (χ3v) is 1.57.